The van der Waals surface area contributed by atoms with Gasteiger partial charge < -0.3 is 15.8 Å². The molecule has 0 aliphatic rings. The molecule has 1 amide bonds. The molecule has 0 spiro atoms. The van der Waals surface area contributed by atoms with E-state index in [4.69, 9.17) is 33.7 Å². The Hall–Kier alpha value is -0.970. The zero-order chi connectivity index (χ0) is 15.1. The lowest BCUT2D eigenvalue weighted by molar-refractivity contribution is -0.123. The molecule has 0 saturated heterocycles. The highest BCUT2D eigenvalue weighted by Crippen LogP contribution is 2.32. The summed E-state index contributed by atoms with van der Waals surface area (Å²) in [4.78, 5) is 11.7. The van der Waals surface area contributed by atoms with Gasteiger partial charge in [0, 0.05) is 11.1 Å². The topological polar surface area (TPSA) is 64.3 Å². The molecule has 3 N–H and O–H groups in total. The van der Waals surface area contributed by atoms with Crippen molar-refractivity contribution >= 4 is 29.1 Å². The lowest BCUT2D eigenvalue weighted by Crippen LogP contribution is -2.35. The fourth-order valence-electron chi connectivity index (χ4n) is 1.67. The Labute approximate surface area is 129 Å². The monoisotopic (exact) mass is 318 g/mol. The molecule has 0 aromatic heterocycles. The van der Waals surface area contributed by atoms with Crippen LogP contribution < -0.4 is 15.8 Å². The summed E-state index contributed by atoms with van der Waals surface area (Å²) < 4.78 is 5.52. The van der Waals surface area contributed by atoms with E-state index >= 15 is 0 Å². The van der Waals surface area contributed by atoms with Crippen molar-refractivity contribution in [3.63, 3.8) is 0 Å². The van der Waals surface area contributed by atoms with Crippen LogP contribution in [0.15, 0.2) is 12.1 Å². The molecule has 0 aliphatic carbocycles. The van der Waals surface area contributed by atoms with Crippen LogP contribution >= 0.6 is 23.2 Å². The molecule has 1 aromatic carbocycles. The normalized spacial score (nSPS) is 12.1. The molecule has 0 aliphatic heterocycles. The molecule has 1 rings (SSSR count). The van der Waals surface area contributed by atoms with Crippen LogP contribution in [-0.2, 0) is 11.2 Å². The first kappa shape index (κ1) is 17.1. The van der Waals surface area contributed by atoms with Crippen LogP contribution in [0.3, 0.4) is 0 Å². The minimum absolute atomic E-state index is 0.0801. The Balaban J connectivity index is 2.74. The SMILES string of the molecule is CCC(C)NC(=O)COc1c(Cl)cc(Cl)cc1CCN. The lowest BCUT2D eigenvalue weighted by Gasteiger charge is -2.15. The third-order valence-corrected chi connectivity index (χ3v) is 3.37. The number of ether oxygens (including phenoxy) is 1. The molecule has 6 heteroatoms. The van der Waals surface area contributed by atoms with Crippen molar-refractivity contribution in [2.75, 3.05) is 13.2 Å². The molecule has 20 heavy (non-hydrogen) atoms. The van der Waals surface area contributed by atoms with E-state index in [2.05, 4.69) is 5.32 Å². The van der Waals surface area contributed by atoms with Gasteiger partial charge in [-0.2, -0.15) is 0 Å². The first-order valence-electron chi connectivity index (χ1n) is 6.58. The van der Waals surface area contributed by atoms with E-state index < -0.39 is 0 Å². The highest BCUT2D eigenvalue weighted by Gasteiger charge is 2.13. The van der Waals surface area contributed by atoms with Crippen LogP contribution in [0.2, 0.25) is 10.0 Å². The summed E-state index contributed by atoms with van der Waals surface area (Å²) in [5.74, 6) is 0.296. The fraction of sp³-hybridized carbons (Fsp3) is 0.500. The molecule has 0 fully saturated rings. The number of hydrogen-bond donors (Lipinski definition) is 2. The Morgan fingerprint density at radius 2 is 2.15 bits per heavy atom. The highest BCUT2D eigenvalue weighted by atomic mass is 35.5. The maximum atomic E-state index is 11.7. The highest BCUT2D eigenvalue weighted by molar-refractivity contribution is 6.35. The van der Waals surface area contributed by atoms with Crippen LogP contribution in [0.25, 0.3) is 0 Å². The van der Waals surface area contributed by atoms with Crippen molar-refractivity contribution in [1.29, 1.82) is 0 Å². The number of carbonyl (C=O) groups is 1. The number of hydrogen-bond acceptors (Lipinski definition) is 3. The number of amides is 1. The number of nitrogens with one attached hydrogen (secondary N) is 1. The van der Waals surface area contributed by atoms with Crippen LogP contribution in [0, 0.1) is 0 Å². The summed E-state index contributed by atoms with van der Waals surface area (Å²) in [7, 11) is 0. The predicted molar refractivity (Wildman–Crippen MR) is 82.6 cm³/mol. The smallest absolute Gasteiger partial charge is 0.258 e. The first-order valence-corrected chi connectivity index (χ1v) is 7.33. The van der Waals surface area contributed by atoms with Crippen molar-refractivity contribution in [3.8, 4) is 5.75 Å². The zero-order valence-electron chi connectivity index (χ0n) is 11.7. The van der Waals surface area contributed by atoms with E-state index in [0.717, 1.165) is 12.0 Å². The molecule has 0 heterocycles. The molecule has 1 unspecified atom stereocenters. The second kappa shape index (κ2) is 8.35. The number of carbonyl (C=O) groups excluding carboxylic acids is 1. The van der Waals surface area contributed by atoms with Crippen LogP contribution in [0.1, 0.15) is 25.8 Å². The average Bonchev–Trinajstić information content (AvgIpc) is 2.37. The van der Waals surface area contributed by atoms with Gasteiger partial charge >= 0.3 is 0 Å². The number of rotatable bonds is 7. The van der Waals surface area contributed by atoms with Crippen LogP contribution in [0.5, 0.6) is 5.75 Å². The fourth-order valence-corrected chi connectivity index (χ4v) is 2.26. The summed E-state index contributed by atoms with van der Waals surface area (Å²) in [6.45, 7) is 4.31. The maximum Gasteiger partial charge on any atom is 0.258 e. The summed E-state index contributed by atoms with van der Waals surface area (Å²) >= 11 is 12.1. The van der Waals surface area contributed by atoms with Gasteiger partial charge in [0.05, 0.1) is 5.02 Å². The van der Waals surface area contributed by atoms with Gasteiger partial charge in [0.1, 0.15) is 5.75 Å². The van der Waals surface area contributed by atoms with E-state index in [1.165, 1.54) is 0 Å². The van der Waals surface area contributed by atoms with Gasteiger partial charge in [0.2, 0.25) is 0 Å². The molecule has 112 valence electrons. The standard InChI is InChI=1S/C14H20Cl2N2O2/c1-3-9(2)18-13(19)8-20-14-10(4-5-17)6-11(15)7-12(14)16/h6-7,9H,3-5,8,17H2,1-2H3,(H,18,19). The van der Waals surface area contributed by atoms with Gasteiger partial charge in [-0.25, -0.2) is 0 Å². The Bertz CT molecular complexity index is 467. The first-order chi connectivity index (χ1) is 9.47. The Morgan fingerprint density at radius 3 is 2.75 bits per heavy atom. The summed E-state index contributed by atoms with van der Waals surface area (Å²) in [6, 6.07) is 3.46. The quantitative estimate of drug-likeness (QED) is 0.812. The number of halogens is 2. The molecule has 0 bridgehead atoms. The van der Waals surface area contributed by atoms with Gasteiger partial charge in [-0.3, -0.25) is 4.79 Å². The Morgan fingerprint density at radius 1 is 1.45 bits per heavy atom. The molecule has 0 saturated carbocycles. The Kier molecular flexibility index (Phi) is 7.13. The predicted octanol–water partition coefficient (Wildman–Crippen LogP) is 2.79. The second-order valence-corrected chi connectivity index (χ2v) is 5.42. The van der Waals surface area contributed by atoms with Crippen molar-refractivity contribution in [2.45, 2.75) is 32.7 Å². The largest absolute Gasteiger partial charge is 0.482 e. The van der Waals surface area contributed by atoms with Crippen molar-refractivity contribution in [2.24, 2.45) is 5.73 Å². The molecular weight excluding hydrogens is 299 g/mol. The molecule has 1 atom stereocenters. The van der Waals surface area contributed by atoms with Gasteiger partial charge in [0.15, 0.2) is 6.61 Å². The van der Waals surface area contributed by atoms with E-state index in [-0.39, 0.29) is 18.6 Å². The zero-order valence-corrected chi connectivity index (χ0v) is 13.2. The summed E-state index contributed by atoms with van der Waals surface area (Å²) in [5, 5.41) is 3.73. The van der Waals surface area contributed by atoms with Gasteiger partial charge in [0.25, 0.3) is 5.91 Å². The maximum absolute atomic E-state index is 11.7. The van der Waals surface area contributed by atoms with Crippen LogP contribution in [0.4, 0.5) is 0 Å². The van der Waals surface area contributed by atoms with Gasteiger partial charge in [-0.05, 0) is 44.0 Å². The molecule has 4 nitrogen and oxygen atoms in total. The third-order valence-electron chi connectivity index (χ3n) is 2.87. The minimum atomic E-state index is -0.177. The summed E-state index contributed by atoms with van der Waals surface area (Å²) in [5.41, 5.74) is 6.36. The van der Waals surface area contributed by atoms with Gasteiger partial charge in [-0.1, -0.05) is 30.1 Å². The van der Waals surface area contributed by atoms with E-state index in [1.807, 2.05) is 13.8 Å². The van der Waals surface area contributed by atoms with E-state index in [9.17, 15) is 4.79 Å². The van der Waals surface area contributed by atoms with Crippen molar-refractivity contribution in [1.82, 2.24) is 5.32 Å². The summed E-state index contributed by atoms with van der Waals surface area (Å²) in [6.07, 6.45) is 1.45. The number of benzene rings is 1. The molecular formula is C14H20Cl2N2O2. The van der Waals surface area contributed by atoms with Crippen molar-refractivity contribution in [3.05, 3.63) is 27.7 Å². The van der Waals surface area contributed by atoms with Crippen LogP contribution in [-0.4, -0.2) is 25.1 Å². The van der Waals surface area contributed by atoms with E-state index in [1.54, 1.807) is 12.1 Å². The average molecular weight is 319 g/mol. The minimum Gasteiger partial charge on any atom is -0.482 e. The lowest BCUT2D eigenvalue weighted by atomic mass is 10.1. The molecule has 0 radical (unpaired) electrons. The van der Waals surface area contributed by atoms with Gasteiger partial charge in [-0.15, -0.1) is 0 Å². The molecule has 1 aromatic rings. The van der Waals surface area contributed by atoms with E-state index in [0.29, 0.717) is 28.8 Å². The second-order valence-electron chi connectivity index (χ2n) is 4.58. The van der Waals surface area contributed by atoms with Crippen molar-refractivity contribution < 1.29 is 9.53 Å². The number of nitrogens with two attached hydrogens (primary N) is 1. The third kappa shape index (κ3) is 5.19.